The Bertz CT molecular complexity index is 1420. The molecule has 0 unspecified atom stereocenters. The molecular weight excluding hydrogens is 488 g/mol. The summed E-state index contributed by atoms with van der Waals surface area (Å²) in [6.45, 7) is 0.719. The number of aromatic nitrogens is 1. The number of esters is 1. The maximum Gasteiger partial charge on any atom is 0.330 e. The number of hydrogen-bond acceptors (Lipinski definition) is 7. The van der Waals surface area contributed by atoms with Crippen molar-refractivity contribution in [3.63, 3.8) is 0 Å². The minimum atomic E-state index is -0.396. The molecule has 1 heterocycles. The van der Waals surface area contributed by atoms with Gasteiger partial charge in [0, 0.05) is 55.9 Å². The number of rotatable bonds is 9. The number of methoxy groups -OCH3 is 1. The van der Waals surface area contributed by atoms with Crippen molar-refractivity contribution in [3.8, 4) is 11.1 Å². The average Bonchev–Trinajstić information content (AvgIpc) is 3.00. The van der Waals surface area contributed by atoms with Gasteiger partial charge in [0.15, 0.2) is 0 Å². The molecule has 0 bridgehead atoms. The number of nitrogens with one attached hydrogen (secondary N) is 2. The Hall–Kier alpha value is -5.04. The number of anilines is 2. The van der Waals surface area contributed by atoms with E-state index in [1.54, 1.807) is 30.6 Å². The van der Waals surface area contributed by atoms with Crippen LogP contribution >= 0.6 is 0 Å². The second-order valence-electron chi connectivity index (χ2n) is 8.61. The van der Waals surface area contributed by atoms with Crippen molar-refractivity contribution in [2.24, 2.45) is 0 Å². The molecule has 198 valence electrons. The maximum atomic E-state index is 11.3. The first-order valence-corrected chi connectivity index (χ1v) is 12.3. The lowest BCUT2D eigenvalue weighted by molar-refractivity contribution is -0.134. The van der Waals surface area contributed by atoms with Gasteiger partial charge < -0.3 is 20.4 Å². The van der Waals surface area contributed by atoms with E-state index in [2.05, 4.69) is 50.3 Å². The first-order valence-electron chi connectivity index (χ1n) is 12.3. The van der Waals surface area contributed by atoms with Gasteiger partial charge in [0.25, 0.3) is 0 Å². The minimum absolute atomic E-state index is 0.396. The molecule has 0 fully saturated rings. The summed E-state index contributed by atoms with van der Waals surface area (Å²) in [5.74, 6) is -0.396. The third-order valence-corrected chi connectivity index (χ3v) is 5.92. The van der Waals surface area contributed by atoms with Crippen molar-refractivity contribution in [1.82, 2.24) is 4.98 Å². The molecule has 3 aromatic carbocycles. The van der Waals surface area contributed by atoms with Crippen LogP contribution in [0.2, 0.25) is 0 Å². The molecule has 1 aromatic heterocycles. The van der Waals surface area contributed by atoms with Crippen LogP contribution in [0.3, 0.4) is 0 Å². The van der Waals surface area contributed by atoms with Gasteiger partial charge in [0.1, 0.15) is 6.29 Å². The van der Waals surface area contributed by atoms with E-state index >= 15 is 0 Å². The van der Waals surface area contributed by atoms with E-state index < -0.39 is 5.97 Å². The predicted molar refractivity (Wildman–Crippen MR) is 159 cm³/mol. The SMILES string of the molecule is CNc1ccc(-c2ccc(CN(C)c3cncc(/C=C/C(=O)OC)c3)cc2)cc1C=N.O=Cc1ccccc1. The highest BCUT2D eigenvalue weighted by Gasteiger charge is 2.06. The zero-order valence-corrected chi connectivity index (χ0v) is 22.3. The molecule has 2 N–H and O–H groups in total. The molecule has 0 aliphatic rings. The zero-order valence-electron chi connectivity index (χ0n) is 22.3. The number of ether oxygens (including phenoxy) is 1. The first kappa shape index (κ1) is 28.5. The Balaban J connectivity index is 0.000000449. The third kappa shape index (κ3) is 8.50. The smallest absolute Gasteiger partial charge is 0.330 e. The average molecular weight is 521 g/mol. The maximum absolute atomic E-state index is 11.3. The van der Waals surface area contributed by atoms with Crippen LogP contribution in [-0.4, -0.2) is 44.7 Å². The Kier molecular flexibility index (Phi) is 10.7. The summed E-state index contributed by atoms with van der Waals surface area (Å²) in [5.41, 5.74) is 7.66. The summed E-state index contributed by atoms with van der Waals surface area (Å²) in [5, 5.41) is 10.7. The quantitative estimate of drug-likeness (QED) is 0.120. The highest BCUT2D eigenvalue weighted by molar-refractivity contribution is 5.88. The van der Waals surface area contributed by atoms with Crippen molar-refractivity contribution < 1.29 is 14.3 Å². The summed E-state index contributed by atoms with van der Waals surface area (Å²) in [7, 11) is 5.21. The number of benzene rings is 3. The van der Waals surface area contributed by atoms with E-state index in [1.165, 1.54) is 25.0 Å². The van der Waals surface area contributed by atoms with Gasteiger partial charge in [-0.05, 0) is 46.5 Å². The topological polar surface area (TPSA) is 95.4 Å². The Morgan fingerprint density at radius 1 is 0.974 bits per heavy atom. The van der Waals surface area contributed by atoms with Crippen LogP contribution in [0.15, 0.2) is 97.3 Å². The highest BCUT2D eigenvalue weighted by atomic mass is 16.5. The molecule has 0 radical (unpaired) electrons. The third-order valence-electron chi connectivity index (χ3n) is 5.92. The number of aldehydes is 1. The van der Waals surface area contributed by atoms with Gasteiger partial charge in [-0.1, -0.05) is 60.7 Å². The van der Waals surface area contributed by atoms with Crippen molar-refractivity contribution >= 4 is 35.9 Å². The summed E-state index contributed by atoms with van der Waals surface area (Å²) < 4.78 is 4.62. The Morgan fingerprint density at radius 2 is 1.69 bits per heavy atom. The number of carbonyl (C=O) groups excluding carboxylic acids is 2. The molecular formula is C32H32N4O3. The van der Waals surface area contributed by atoms with Gasteiger partial charge in [-0.15, -0.1) is 0 Å². The summed E-state index contributed by atoms with van der Waals surface area (Å²) in [4.78, 5) is 27.7. The normalized spacial score (nSPS) is 10.2. The van der Waals surface area contributed by atoms with Crippen molar-refractivity contribution in [1.29, 1.82) is 5.41 Å². The number of hydrogen-bond donors (Lipinski definition) is 2. The fourth-order valence-corrected chi connectivity index (χ4v) is 3.77. The molecule has 0 saturated heterocycles. The highest BCUT2D eigenvalue weighted by Crippen LogP contribution is 2.25. The van der Waals surface area contributed by atoms with Gasteiger partial charge in [-0.25, -0.2) is 4.79 Å². The Morgan fingerprint density at radius 3 is 2.31 bits per heavy atom. The van der Waals surface area contributed by atoms with E-state index in [1.807, 2.05) is 50.5 Å². The van der Waals surface area contributed by atoms with E-state index in [0.717, 1.165) is 52.0 Å². The van der Waals surface area contributed by atoms with Gasteiger partial charge in [-0.2, -0.15) is 0 Å². The van der Waals surface area contributed by atoms with Crippen LogP contribution < -0.4 is 10.2 Å². The fraction of sp³-hybridized carbons (Fsp3) is 0.125. The number of pyridine rings is 1. The fourth-order valence-electron chi connectivity index (χ4n) is 3.77. The van der Waals surface area contributed by atoms with Gasteiger partial charge >= 0.3 is 5.97 Å². The van der Waals surface area contributed by atoms with Crippen LogP contribution in [0.25, 0.3) is 17.2 Å². The summed E-state index contributed by atoms with van der Waals surface area (Å²) >= 11 is 0. The van der Waals surface area contributed by atoms with Crippen molar-refractivity contribution in [2.75, 3.05) is 31.4 Å². The second-order valence-corrected chi connectivity index (χ2v) is 8.61. The lowest BCUT2D eigenvalue weighted by Gasteiger charge is -2.19. The molecule has 7 nitrogen and oxygen atoms in total. The molecule has 39 heavy (non-hydrogen) atoms. The van der Waals surface area contributed by atoms with Crippen LogP contribution in [0.5, 0.6) is 0 Å². The molecule has 4 rings (SSSR count). The summed E-state index contributed by atoms with van der Waals surface area (Å²) in [6, 6.07) is 25.5. The van der Waals surface area contributed by atoms with E-state index in [4.69, 9.17) is 5.41 Å². The monoisotopic (exact) mass is 520 g/mol. The zero-order chi connectivity index (χ0) is 28.0. The van der Waals surface area contributed by atoms with Crippen molar-refractivity contribution in [2.45, 2.75) is 6.54 Å². The first-order chi connectivity index (χ1) is 19.0. The van der Waals surface area contributed by atoms with Gasteiger partial charge in [0.2, 0.25) is 0 Å². The van der Waals surface area contributed by atoms with Crippen molar-refractivity contribution in [3.05, 3.63) is 120 Å². The Labute approximate surface area is 229 Å². The van der Waals surface area contributed by atoms with Crippen LogP contribution in [0.4, 0.5) is 11.4 Å². The molecule has 7 heteroatoms. The van der Waals surface area contributed by atoms with Crippen LogP contribution in [0.1, 0.15) is 27.0 Å². The lowest BCUT2D eigenvalue weighted by atomic mass is 10.0. The predicted octanol–water partition coefficient (Wildman–Crippen LogP) is 6.11. The molecule has 0 amide bonds. The van der Waals surface area contributed by atoms with Crippen LogP contribution in [-0.2, 0) is 16.1 Å². The van der Waals surface area contributed by atoms with E-state index in [0.29, 0.717) is 0 Å². The lowest BCUT2D eigenvalue weighted by Crippen LogP contribution is -2.16. The minimum Gasteiger partial charge on any atom is -0.466 e. The van der Waals surface area contributed by atoms with Gasteiger partial charge in [0.05, 0.1) is 19.0 Å². The van der Waals surface area contributed by atoms with Gasteiger partial charge in [-0.3, -0.25) is 9.78 Å². The second kappa shape index (κ2) is 14.6. The molecule has 4 aromatic rings. The number of nitrogens with zero attached hydrogens (tertiary/aromatic N) is 2. The molecule has 0 saturated carbocycles. The molecule has 0 spiro atoms. The summed E-state index contributed by atoms with van der Waals surface area (Å²) in [6.07, 6.45) is 8.76. The van der Waals surface area contributed by atoms with E-state index in [9.17, 15) is 9.59 Å². The molecule has 0 aliphatic carbocycles. The standard InChI is InChI=1S/C25H26N4O2.C7H6O/c1-27-24-10-9-21(13-22(24)14-26)20-7-4-18(5-8-20)17-29(2)23-12-19(15-28-16-23)6-11-25(30)31-3;8-6-7-4-2-1-3-5-7/h4-16,26-27H,17H2,1-3H3;1-6H/b11-6+,26-14?;. The molecule has 0 aliphatic heterocycles. The van der Waals surface area contributed by atoms with E-state index in [-0.39, 0.29) is 0 Å². The largest absolute Gasteiger partial charge is 0.466 e. The van der Waals surface area contributed by atoms with Crippen LogP contribution in [0, 0.1) is 5.41 Å². The molecule has 0 atom stereocenters. The number of carbonyl (C=O) groups is 2.